The van der Waals surface area contributed by atoms with Crippen molar-refractivity contribution in [2.45, 2.75) is 6.92 Å². The van der Waals surface area contributed by atoms with Crippen molar-refractivity contribution in [1.82, 2.24) is 14.9 Å². The molecule has 1 saturated heterocycles. The largest absolute Gasteiger partial charge is 0.491 e. The maximum Gasteiger partial charge on any atom is 0.235 e. The van der Waals surface area contributed by atoms with Gasteiger partial charge in [0.25, 0.3) is 0 Å². The number of pyridine rings is 1. The molecule has 172 valence electrons. The molecule has 4 rings (SSSR count). The lowest BCUT2D eigenvalue weighted by Gasteiger charge is -2.26. The molecule has 1 fully saturated rings. The summed E-state index contributed by atoms with van der Waals surface area (Å²) in [6, 6.07) is 9.27. The molecule has 1 aliphatic heterocycles. The number of benzene rings is 1. The van der Waals surface area contributed by atoms with Gasteiger partial charge in [0.2, 0.25) is 5.88 Å². The molecule has 2 aromatic heterocycles. The SMILES string of the molecule is CCOc1nc(Nc2ccc(-c3cnco3)c(OCCN3CCOCC3)c2)cc(N)c1C#N. The standard InChI is InChI=1S/C23H26N6O4/c1-2-31-23-18(13-24)19(25)12-22(28-23)27-16-3-4-17(21-14-26-15-33-21)20(11-16)32-10-7-29-5-8-30-9-6-29/h3-4,11-12,14-15H,2,5-10H2,1H3,(H3,25,27,28). The number of nitrogens with two attached hydrogens (primary N) is 1. The number of anilines is 3. The van der Waals surface area contributed by atoms with E-state index in [1.54, 1.807) is 12.3 Å². The van der Waals surface area contributed by atoms with Gasteiger partial charge in [0.05, 0.1) is 37.3 Å². The first-order chi connectivity index (χ1) is 16.2. The highest BCUT2D eigenvalue weighted by atomic mass is 16.5. The summed E-state index contributed by atoms with van der Waals surface area (Å²) >= 11 is 0. The minimum absolute atomic E-state index is 0.197. The topological polar surface area (TPSA) is 132 Å². The quantitative estimate of drug-likeness (QED) is 0.501. The summed E-state index contributed by atoms with van der Waals surface area (Å²) in [6.07, 6.45) is 3.03. The molecule has 33 heavy (non-hydrogen) atoms. The molecule has 0 bridgehead atoms. The number of nitrogen functional groups attached to an aromatic ring is 1. The summed E-state index contributed by atoms with van der Waals surface area (Å²) in [6.45, 7) is 6.78. The third-order valence-corrected chi connectivity index (χ3v) is 5.13. The van der Waals surface area contributed by atoms with Crippen LogP contribution in [0.15, 0.2) is 41.3 Å². The Balaban J connectivity index is 1.55. The van der Waals surface area contributed by atoms with E-state index >= 15 is 0 Å². The second kappa shape index (κ2) is 10.7. The van der Waals surface area contributed by atoms with Crippen molar-refractivity contribution >= 4 is 17.2 Å². The molecule has 0 aliphatic carbocycles. The zero-order valence-corrected chi connectivity index (χ0v) is 18.4. The van der Waals surface area contributed by atoms with Crippen molar-refractivity contribution in [1.29, 1.82) is 5.26 Å². The van der Waals surface area contributed by atoms with Crippen LogP contribution in [0.1, 0.15) is 12.5 Å². The van der Waals surface area contributed by atoms with E-state index in [2.05, 4.69) is 20.2 Å². The van der Waals surface area contributed by atoms with Crippen LogP contribution < -0.4 is 20.5 Å². The van der Waals surface area contributed by atoms with Gasteiger partial charge in [0, 0.05) is 37.5 Å². The summed E-state index contributed by atoms with van der Waals surface area (Å²) in [7, 11) is 0. The van der Waals surface area contributed by atoms with E-state index < -0.39 is 0 Å². The Hall–Kier alpha value is -3.81. The van der Waals surface area contributed by atoms with E-state index in [-0.39, 0.29) is 11.4 Å². The predicted molar refractivity (Wildman–Crippen MR) is 123 cm³/mol. The number of hydrogen-bond acceptors (Lipinski definition) is 10. The number of hydrogen-bond donors (Lipinski definition) is 2. The normalized spacial score (nSPS) is 13.9. The first-order valence-electron chi connectivity index (χ1n) is 10.7. The molecule has 10 nitrogen and oxygen atoms in total. The molecular weight excluding hydrogens is 424 g/mol. The minimum Gasteiger partial charge on any atom is -0.491 e. The second-order valence-corrected chi connectivity index (χ2v) is 7.33. The fourth-order valence-corrected chi connectivity index (χ4v) is 3.49. The third-order valence-electron chi connectivity index (χ3n) is 5.13. The number of oxazole rings is 1. The zero-order chi connectivity index (χ0) is 23.0. The highest BCUT2D eigenvalue weighted by molar-refractivity contribution is 5.73. The Bertz CT molecular complexity index is 1110. The summed E-state index contributed by atoms with van der Waals surface area (Å²) in [5.41, 5.74) is 8.07. The molecule has 3 N–H and O–H groups in total. The Morgan fingerprint density at radius 1 is 1.24 bits per heavy atom. The Morgan fingerprint density at radius 2 is 2.09 bits per heavy atom. The van der Waals surface area contributed by atoms with Crippen LogP contribution in [-0.2, 0) is 4.74 Å². The molecular formula is C23H26N6O4. The molecule has 10 heteroatoms. The number of rotatable bonds is 9. The number of morpholine rings is 1. The monoisotopic (exact) mass is 450 g/mol. The van der Waals surface area contributed by atoms with Gasteiger partial charge < -0.3 is 29.7 Å². The fraction of sp³-hybridized carbons (Fsp3) is 0.348. The van der Waals surface area contributed by atoms with Crippen molar-refractivity contribution in [3.63, 3.8) is 0 Å². The Morgan fingerprint density at radius 3 is 2.82 bits per heavy atom. The molecule has 1 aromatic carbocycles. The summed E-state index contributed by atoms with van der Waals surface area (Å²) < 4.78 is 22.5. The smallest absolute Gasteiger partial charge is 0.235 e. The molecule has 0 atom stereocenters. The van der Waals surface area contributed by atoms with Crippen LogP contribution >= 0.6 is 0 Å². The molecule has 0 radical (unpaired) electrons. The zero-order valence-electron chi connectivity index (χ0n) is 18.4. The molecule has 0 amide bonds. The number of ether oxygens (including phenoxy) is 3. The van der Waals surface area contributed by atoms with E-state index in [4.69, 9.17) is 24.4 Å². The van der Waals surface area contributed by atoms with Crippen molar-refractivity contribution in [3.8, 4) is 29.0 Å². The van der Waals surface area contributed by atoms with Crippen LogP contribution in [0.5, 0.6) is 11.6 Å². The van der Waals surface area contributed by atoms with Crippen molar-refractivity contribution in [2.24, 2.45) is 0 Å². The lowest BCUT2D eigenvalue weighted by Crippen LogP contribution is -2.38. The molecule has 0 saturated carbocycles. The fourth-order valence-electron chi connectivity index (χ4n) is 3.49. The second-order valence-electron chi connectivity index (χ2n) is 7.33. The van der Waals surface area contributed by atoms with Crippen LogP contribution in [0.25, 0.3) is 11.3 Å². The van der Waals surface area contributed by atoms with Crippen molar-refractivity contribution < 1.29 is 18.6 Å². The summed E-state index contributed by atoms with van der Waals surface area (Å²) in [4.78, 5) is 10.7. The lowest BCUT2D eigenvalue weighted by atomic mass is 10.1. The maximum absolute atomic E-state index is 9.33. The molecule has 3 aromatic rings. The van der Waals surface area contributed by atoms with Gasteiger partial charge in [0.1, 0.15) is 29.8 Å². The highest BCUT2D eigenvalue weighted by Crippen LogP contribution is 2.34. The molecule has 1 aliphatic rings. The average Bonchev–Trinajstić information content (AvgIpc) is 3.35. The Labute approximate surface area is 191 Å². The van der Waals surface area contributed by atoms with Gasteiger partial charge in [-0.1, -0.05) is 0 Å². The maximum atomic E-state index is 9.33. The first-order valence-corrected chi connectivity index (χ1v) is 10.7. The van der Waals surface area contributed by atoms with Gasteiger partial charge in [-0.05, 0) is 19.1 Å². The van der Waals surface area contributed by atoms with E-state index in [0.29, 0.717) is 36.2 Å². The predicted octanol–water partition coefficient (Wildman–Crippen LogP) is 3.04. The first kappa shape index (κ1) is 22.4. The third kappa shape index (κ3) is 5.52. The van der Waals surface area contributed by atoms with Gasteiger partial charge >= 0.3 is 0 Å². The van der Waals surface area contributed by atoms with Gasteiger partial charge in [-0.3, -0.25) is 4.90 Å². The van der Waals surface area contributed by atoms with E-state index in [1.807, 2.05) is 31.2 Å². The van der Waals surface area contributed by atoms with E-state index in [0.717, 1.165) is 44.1 Å². The van der Waals surface area contributed by atoms with Crippen LogP contribution in [0, 0.1) is 11.3 Å². The van der Waals surface area contributed by atoms with Crippen molar-refractivity contribution in [2.75, 3.05) is 57.1 Å². The van der Waals surface area contributed by atoms with Gasteiger partial charge in [-0.25, -0.2) is 4.98 Å². The van der Waals surface area contributed by atoms with E-state index in [9.17, 15) is 5.26 Å². The number of aromatic nitrogens is 2. The lowest BCUT2D eigenvalue weighted by molar-refractivity contribution is 0.0323. The van der Waals surface area contributed by atoms with Crippen LogP contribution in [0.4, 0.5) is 17.2 Å². The van der Waals surface area contributed by atoms with Crippen LogP contribution in [-0.4, -0.2) is 60.9 Å². The minimum atomic E-state index is 0.197. The molecule has 3 heterocycles. The van der Waals surface area contributed by atoms with Crippen LogP contribution in [0.2, 0.25) is 0 Å². The van der Waals surface area contributed by atoms with Gasteiger partial charge in [-0.15, -0.1) is 0 Å². The number of nitrogens with zero attached hydrogens (tertiary/aromatic N) is 4. The summed E-state index contributed by atoms with van der Waals surface area (Å²) in [5, 5.41) is 12.5. The van der Waals surface area contributed by atoms with Gasteiger partial charge in [-0.2, -0.15) is 10.2 Å². The summed E-state index contributed by atoms with van der Waals surface area (Å²) in [5.74, 6) is 1.92. The molecule has 0 spiro atoms. The molecule has 0 unspecified atom stereocenters. The number of nitriles is 1. The van der Waals surface area contributed by atoms with E-state index in [1.165, 1.54) is 6.39 Å². The highest BCUT2D eigenvalue weighted by Gasteiger charge is 2.15. The average molecular weight is 450 g/mol. The van der Waals surface area contributed by atoms with Crippen molar-refractivity contribution in [3.05, 3.63) is 42.4 Å². The van der Waals surface area contributed by atoms with Crippen LogP contribution in [0.3, 0.4) is 0 Å². The Kier molecular flexibility index (Phi) is 7.24. The number of nitrogens with one attached hydrogen (secondary N) is 1. The van der Waals surface area contributed by atoms with Gasteiger partial charge in [0.15, 0.2) is 12.2 Å².